The third-order valence-electron chi connectivity index (χ3n) is 9.88. The molecule has 3 N–H and O–H groups in total. The first-order valence-electron chi connectivity index (χ1n) is 22.7. The van der Waals surface area contributed by atoms with E-state index < -0.39 is 18.2 Å². The van der Waals surface area contributed by atoms with Gasteiger partial charge < -0.3 is 20.3 Å². The van der Waals surface area contributed by atoms with E-state index in [2.05, 4.69) is 44.3 Å². The van der Waals surface area contributed by atoms with Crippen molar-refractivity contribution in [1.82, 2.24) is 5.32 Å². The highest BCUT2D eigenvalue weighted by molar-refractivity contribution is 5.77. The van der Waals surface area contributed by atoms with Crippen LogP contribution in [0.4, 0.5) is 0 Å². The van der Waals surface area contributed by atoms with Gasteiger partial charge in [-0.3, -0.25) is 9.59 Å². The van der Waals surface area contributed by atoms with Crippen LogP contribution in [0.3, 0.4) is 0 Å². The van der Waals surface area contributed by atoms with E-state index in [0.717, 1.165) is 70.6 Å². The van der Waals surface area contributed by atoms with Gasteiger partial charge in [0, 0.05) is 6.42 Å². The zero-order valence-electron chi connectivity index (χ0n) is 35.8. The Bertz CT molecular complexity index is 1040. The normalized spacial score (nSPS) is 14.1. The standard InChI is InChI=1S/C49H85NO5/c1-4-7-10-13-16-19-21-23-24-26-27-29-32-35-38-41-47(52)46(44-51)50-48(53)43-45(40-37-34-31-18-15-12-9-6-3)55-49(54)42-39-36-33-30-28-25-22-20-17-14-11-8-5-2/h8,11-12,14-15,17,20,22,25,28,30,33,45-47,51-52H,4-7,9-10,13,16,18-19,21,23-24,26-27,29,31-32,34-44H2,1-3H3,(H,50,53)/b11-8+,15-12-,17-14+,22-20-,28-25-,33-30+. The molecule has 6 heteroatoms. The lowest BCUT2D eigenvalue weighted by Crippen LogP contribution is -2.46. The van der Waals surface area contributed by atoms with E-state index in [1.54, 1.807) is 0 Å². The number of amides is 1. The number of carbonyl (C=O) groups excluding carboxylic acids is 2. The number of carbonyl (C=O) groups is 2. The minimum absolute atomic E-state index is 0.0343. The monoisotopic (exact) mass is 768 g/mol. The predicted molar refractivity (Wildman–Crippen MR) is 236 cm³/mol. The average Bonchev–Trinajstić information content (AvgIpc) is 3.18. The number of allylic oxidation sites excluding steroid dienone is 12. The average molecular weight is 768 g/mol. The van der Waals surface area contributed by atoms with Crippen LogP contribution in [-0.4, -0.2) is 46.9 Å². The summed E-state index contributed by atoms with van der Waals surface area (Å²) in [4.78, 5) is 25.9. The SMILES string of the molecule is CC/C=C/C=C/C=C\C=C/C=C/CCCC(=O)OC(CCCCC/C=C\CCC)CC(=O)NC(CO)C(O)CCCCCCCCCCCCCCCCC. The number of unbranched alkanes of at least 4 members (excludes halogenated alkanes) is 19. The Labute approximate surface area is 339 Å². The van der Waals surface area contributed by atoms with E-state index >= 15 is 0 Å². The lowest BCUT2D eigenvalue weighted by atomic mass is 10.0. The van der Waals surface area contributed by atoms with Crippen molar-refractivity contribution in [2.24, 2.45) is 0 Å². The largest absolute Gasteiger partial charge is 0.462 e. The first kappa shape index (κ1) is 52.3. The quantitative estimate of drug-likeness (QED) is 0.0250. The van der Waals surface area contributed by atoms with Gasteiger partial charge in [-0.2, -0.15) is 0 Å². The lowest BCUT2D eigenvalue weighted by Gasteiger charge is -2.24. The van der Waals surface area contributed by atoms with Gasteiger partial charge in [0.2, 0.25) is 5.91 Å². The van der Waals surface area contributed by atoms with Crippen molar-refractivity contribution in [1.29, 1.82) is 0 Å². The summed E-state index contributed by atoms with van der Waals surface area (Å²) in [5.41, 5.74) is 0. The summed E-state index contributed by atoms with van der Waals surface area (Å²) >= 11 is 0. The first-order chi connectivity index (χ1) is 27.0. The molecule has 0 radical (unpaired) electrons. The zero-order chi connectivity index (χ0) is 40.3. The summed E-state index contributed by atoms with van der Waals surface area (Å²) in [6, 6.07) is -0.721. The highest BCUT2D eigenvalue weighted by Crippen LogP contribution is 2.17. The Hall–Kier alpha value is -2.70. The lowest BCUT2D eigenvalue weighted by molar-refractivity contribution is -0.151. The summed E-state index contributed by atoms with van der Waals surface area (Å²) in [6.07, 6.45) is 52.6. The van der Waals surface area contributed by atoms with Gasteiger partial charge in [0.05, 0.1) is 25.2 Å². The molecule has 0 aliphatic carbocycles. The number of aliphatic hydroxyl groups is 2. The number of hydrogen-bond donors (Lipinski definition) is 3. The molecule has 0 fully saturated rings. The molecule has 0 aromatic heterocycles. The molecule has 0 aliphatic heterocycles. The van der Waals surface area contributed by atoms with E-state index in [0.29, 0.717) is 25.7 Å². The van der Waals surface area contributed by atoms with Crippen LogP contribution in [0.2, 0.25) is 0 Å². The molecular formula is C49H85NO5. The fraction of sp³-hybridized carbons (Fsp3) is 0.714. The van der Waals surface area contributed by atoms with Crippen molar-refractivity contribution in [3.05, 3.63) is 72.9 Å². The maximum Gasteiger partial charge on any atom is 0.306 e. The number of rotatable bonds is 39. The summed E-state index contributed by atoms with van der Waals surface area (Å²) in [5.74, 6) is -0.588. The second-order valence-corrected chi connectivity index (χ2v) is 15.2. The fourth-order valence-corrected chi connectivity index (χ4v) is 6.46. The number of hydrogen-bond acceptors (Lipinski definition) is 5. The van der Waals surface area contributed by atoms with E-state index in [9.17, 15) is 19.8 Å². The minimum Gasteiger partial charge on any atom is -0.462 e. The maximum atomic E-state index is 13.1. The van der Waals surface area contributed by atoms with Crippen molar-refractivity contribution >= 4 is 11.9 Å². The molecule has 0 heterocycles. The van der Waals surface area contributed by atoms with Crippen molar-refractivity contribution in [2.75, 3.05) is 6.61 Å². The van der Waals surface area contributed by atoms with Crippen LogP contribution in [0.1, 0.15) is 201 Å². The van der Waals surface area contributed by atoms with Crippen molar-refractivity contribution in [3.8, 4) is 0 Å². The van der Waals surface area contributed by atoms with Gasteiger partial charge in [-0.05, 0) is 57.8 Å². The molecule has 3 unspecified atom stereocenters. The molecule has 0 rings (SSSR count). The van der Waals surface area contributed by atoms with Crippen LogP contribution >= 0.6 is 0 Å². The molecule has 0 aromatic carbocycles. The first-order valence-corrected chi connectivity index (χ1v) is 22.7. The van der Waals surface area contributed by atoms with Crippen LogP contribution in [0.25, 0.3) is 0 Å². The van der Waals surface area contributed by atoms with E-state index in [1.807, 2.05) is 54.7 Å². The Morgan fingerprint density at radius 1 is 0.545 bits per heavy atom. The molecule has 316 valence electrons. The molecule has 55 heavy (non-hydrogen) atoms. The van der Waals surface area contributed by atoms with Gasteiger partial charge in [-0.1, -0.05) is 203 Å². The number of ether oxygens (including phenoxy) is 1. The maximum absolute atomic E-state index is 13.1. The van der Waals surface area contributed by atoms with Crippen molar-refractivity contribution < 1.29 is 24.5 Å². The third kappa shape index (κ3) is 38.0. The second-order valence-electron chi connectivity index (χ2n) is 15.2. The van der Waals surface area contributed by atoms with Gasteiger partial charge >= 0.3 is 5.97 Å². The molecule has 0 spiro atoms. The molecular weight excluding hydrogens is 683 g/mol. The van der Waals surface area contributed by atoms with Crippen LogP contribution in [-0.2, 0) is 14.3 Å². The minimum atomic E-state index is -0.804. The smallest absolute Gasteiger partial charge is 0.306 e. The molecule has 0 aliphatic rings. The number of esters is 1. The van der Waals surface area contributed by atoms with E-state index in [-0.39, 0.29) is 24.9 Å². The van der Waals surface area contributed by atoms with Gasteiger partial charge in [0.25, 0.3) is 0 Å². The summed E-state index contributed by atoms with van der Waals surface area (Å²) in [5, 5.41) is 23.6. The Balaban J connectivity index is 4.57. The Morgan fingerprint density at radius 3 is 1.60 bits per heavy atom. The van der Waals surface area contributed by atoms with E-state index in [4.69, 9.17) is 4.74 Å². The van der Waals surface area contributed by atoms with Crippen molar-refractivity contribution in [3.63, 3.8) is 0 Å². The number of nitrogens with one attached hydrogen (secondary N) is 1. The molecule has 0 saturated heterocycles. The highest BCUT2D eigenvalue weighted by Gasteiger charge is 2.24. The topological polar surface area (TPSA) is 95.9 Å². The van der Waals surface area contributed by atoms with Crippen LogP contribution in [0.5, 0.6) is 0 Å². The van der Waals surface area contributed by atoms with Crippen LogP contribution in [0, 0.1) is 0 Å². The van der Waals surface area contributed by atoms with Crippen LogP contribution < -0.4 is 5.32 Å². The molecule has 1 amide bonds. The molecule has 0 saturated carbocycles. The molecule has 3 atom stereocenters. The van der Waals surface area contributed by atoms with Crippen molar-refractivity contribution in [2.45, 2.75) is 219 Å². The summed E-state index contributed by atoms with van der Waals surface area (Å²) in [6.45, 7) is 6.23. The zero-order valence-corrected chi connectivity index (χ0v) is 35.8. The highest BCUT2D eigenvalue weighted by atomic mass is 16.5. The van der Waals surface area contributed by atoms with Gasteiger partial charge in [0.1, 0.15) is 6.10 Å². The molecule has 0 bridgehead atoms. The van der Waals surface area contributed by atoms with E-state index in [1.165, 1.54) is 77.0 Å². The third-order valence-corrected chi connectivity index (χ3v) is 9.88. The number of aliphatic hydroxyl groups excluding tert-OH is 2. The Morgan fingerprint density at radius 2 is 1.04 bits per heavy atom. The fourth-order valence-electron chi connectivity index (χ4n) is 6.46. The summed E-state index contributed by atoms with van der Waals surface area (Å²) in [7, 11) is 0. The van der Waals surface area contributed by atoms with Gasteiger partial charge in [-0.25, -0.2) is 0 Å². The molecule has 6 nitrogen and oxygen atoms in total. The van der Waals surface area contributed by atoms with Crippen LogP contribution in [0.15, 0.2) is 72.9 Å². The Kier molecular flexibility index (Phi) is 40.4. The van der Waals surface area contributed by atoms with Gasteiger partial charge in [0.15, 0.2) is 0 Å². The van der Waals surface area contributed by atoms with Gasteiger partial charge in [-0.15, -0.1) is 0 Å². The second kappa shape index (κ2) is 42.4. The summed E-state index contributed by atoms with van der Waals surface area (Å²) < 4.78 is 5.83. The molecule has 0 aromatic rings. The predicted octanol–water partition coefficient (Wildman–Crippen LogP) is 13.1.